The van der Waals surface area contributed by atoms with E-state index < -0.39 is 0 Å². The lowest BCUT2D eigenvalue weighted by Gasteiger charge is -2.58. The Hall–Kier alpha value is -0.520. The summed E-state index contributed by atoms with van der Waals surface area (Å²) in [7, 11) is 0. The molecule has 0 heteroatoms. The normalized spacial score (nSPS) is 43.9. The van der Waals surface area contributed by atoms with Crippen molar-refractivity contribution in [2.24, 2.45) is 46.3 Å². The van der Waals surface area contributed by atoms with Gasteiger partial charge in [-0.25, -0.2) is 0 Å². The molecule has 7 atom stereocenters. The molecule has 0 N–H and O–H groups in total. The maximum absolute atomic E-state index is 4.29. The molecule has 0 aromatic carbocycles. The Bertz CT molecular complexity index is 624. The van der Waals surface area contributed by atoms with Crippen LogP contribution in [-0.2, 0) is 0 Å². The summed E-state index contributed by atoms with van der Waals surface area (Å²) >= 11 is 0. The summed E-state index contributed by atoms with van der Waals surface area (Å²) in [4.78, 5) is 0. The predicted molar refractivity (Wildman–Crippen MR) is 122 cm³/mol. The Balaban J connectivity index is 1.49. The van der Waals surface area contributed by atoms with E-state index in [-0.39, 0.29) is 0 Å². The second kappa shape index (κ2) is 7.63. The Morgan fingerprint density at radius 3 is 2.50 bits per heavy atom. The zero-order valence-corrected chi connectivity index (χ0v) is 19.5. The number of hydrogen-bond donors (Lipinski definition) is 0. The van der Waals surface area contributed by atoms with Gasteiger partial charge >= 0.3 is 0 Å². The highest BCUT2D eigenvalue weighted by molar-refractivity contribution is 5.33. The summed E-state index contributed by atoms with van der Waals surface area (Å²) in [6, 6.07) is 0. The van der Waals surface area contributed by atoms with Crippen LogP contribution in [-0.4, -0.2) is 0 Å². The van der Waals surface area contributed by atoms with Gasteiger partial charge < -0.3 is 0 Å². The van der Waals surface area contributed by atoms with Gasteiger partial charge in [-0.2, -0.15) is 0 Å². The fourth-order valence-electron chi connectivity index (χ4n) is 8.67. The molecule has 4 rings (SSSR count). The zero-order chi connectivity index (χ0) is 20.1. The topological polar surface area (TPSA) is 0 Å². The molecule has 0 nitrogen and oxygen atoms in total. The molecule has 0 radical (unpaired) electrons. The van der Waals surface area contributed by atoms with Gasteiger partial charge in [0.1, 0.15) is 0 Å². The average molecular weight is 383 g/mol. The Morgan fingerprint density at radius 1 is 0.964 bits per heavy atom. The fraction of sp³-hybridized carbons (Fsp3) is 0.857. The molecule has 0 aromatic rings. The zero-order valence-electron chi connectivity index (χ0n) is 19.5. The van der Waals surface area contributed by atoms with Gasteiger partial charge in [-0.1, -0.05) is 77.7 Å². The molecule has 0 saturated heterocycles. The molecule has 0 spiro atoms. The lowest BCUT2D eigenvalue weighted by atomic mass is 9.46. The molecule has 0 aliphatic heterocycles. The van der Waals surface area contributed by atoms with Crippen molar-refractivity contribution in [3.8, 4) is 0 Å². The third kappa shape index (κ3) is 3.35. The summed E-state index contributed by atoms with van der Waals surface area (Å²) in [5.41, 5.74) is 4.29. The molecular weight excluding hydrogens is 336 g/mol. The first-order valence-corrected chi connectivity index (χ1v) is 12.6. The summed E-state index contributed by atoms with van der Waals surface area (Å²) in [6.07, 6.45) is 18.3. The van der Waals surface area contributed by atoms with E-state index in [1.165, 1.54) is 76.2 Å². The third-order valence-corrected chi connectivity index (χ3v) is 10.3. The number of rotatable bonds is 5. The van der Waals surface area contributed by atoms with Crippen LogP contribution in [0.1, 0.15) is 105 Å². The molecule has 3 unspecified atom stereocenters. The maximum Gasteiger partial charge on any atom is -0.00790 e. The van der Waals surface area contributed by atoms with Crippen LogP contribution in [0.2, 0.25) is 0 Å². The molecule has 4 aliphatic rings. The number of fused-ring (bicyclic) bond motifs is 5. The fourth-order valence-corrected chi connectivity index (χ4v) is 8.67. The van der Waals surface area contributed by atoms with Crippen LogP contribution in [0.25, 0.3) is 0 Å². The third-order valence-electron chi connectivity index (χ3n) is 10.3. The second-order valence-corrected chi connectivity index (χ2v) is 12.2. The van der Waals surface area contributed by atoms with Gasteiger partial charge in [0.2, 0.25) is 0 Å². The van der Waals surface area contributed by atoms with E-state index in [1.54, 1.807) is 5.57 Å². The summed E-state index contributed by atoms with van der Waals surface area (Å²) in [5.74, 6) is 5.74. The van der Waals surface area contributed by atoms with Crippen molar-refractivity contribution < 1.29 is 0 Å². The van der Waals surface area contributed by atoms with Crippen molar-refractivity contribution in [3.05, 3.63) is 23.8 Å². The highest BCUT2D eigenvalue weighted by Gasteiger charge is 2.59. The number of hydrogen-bond acceptors (Lipinski definition) is 0. The predicted octanol–water partition coefficient (Wildman–Crippen LogP) is 8.58. The van der Waals surface area contributed by atoms with Gasteiger partial charge in [-0.05, 0) is 97.7 Å². The van der Waals surface area contributed by atoms with Crippen molar-refractivity contribution in [1.82, 2.24) is 0 Å². The first kappa shape index (κ1) is 20.7. The minimum atomic E-state index is 0.492. The lowest BCUT2D eigenvalue weighted by molar-refractivity contribution is -0.0581. The molecule has 0 bridgehead atoms. The molecule has 3 fully saturated rings. The van der Waals surface area contributed by atoms with Crippen molar-refractivity contribution in [2.75, 3.05) is 0 Å². The van der Waals surface area contributed by atoms with E-state index in [2.05, 4.69) is 47.3 Å². The van der Waals surface area contributed by atoms with Crippen LogP contribution in [0.4, 0.5) is 0 Å². The highest BCUT2D eigenvalue weighted by atomic mass is 14.6. The highest BCUT2D eigenvalue weighted by Crippen LogP contribution is 2.67. The van der Waals surface area contributed by atoms with Crippen LogP contribution < -0.4 is 0 Å². The molecule has 4 aliphatic carbocycles. The standard InChI is InChI=1S/C28H46/c1-19(2)8-7-9-21(4)24-12-13-25-23-11-10-22-18-20(3)14-16-27(22,5)26(23)15-17-28(24,25)6/h18-19,21,23-26H,3,7-17H2,1-2,4-6H3/t21-,23?,24-,25+,26+,27?,28?/m1/s1. The summed E-state index contributed by atoms with van der Waals surface area (Å²) < 4.78 is 0. The van der Waals surface area contributed by atoms with Gasteiger partial charge in [-0.3, -0.25) is 0 Å². The van der Waals surface area contributed by atoms with Crippen molar-refractivity contribution in [2.45, 2.75) is 105 Å². The van der Waals surface area contributed by atoms with Crippen LogP contribution >= 0.6 is 0 Å². The monoisotopic (exact) mass is 382 g/mol. The van der Waals surface area contributed by atoms with E-state index in [4.69, 9.17) is 0 Å². The van der Waals surface area contributed by atoms with Gasteiger partial charge in [0.25, 0.3) is 0 Å². The van der Waals surface area contributed by atoms with Crippen LogP contribution in [0.5, 0.6) is 0 Å². The molecular formula is C28H46. The molecule has 158 valence electrons. The maximum atomic E-state index is 4.29. The van der Waals surface area contributed by atoms with Crippen LogP contribution in [0.15, 0.2) is 23.8 Å². The van der Waals surface area contributed by atoms with E-state index in [9.17, 15) is 0 Å². The van der Waals surface area contributed by atoms with Gasteiger partial charge in [-0.15, -0.1) is 0 Å². The van der Waals surface area contributed by atoms with E-state index in [1.807, 2.05) is 0 Å². The average Bonchev–Trinajstić information content (AvgIpc) is 2.99. The van der Waals surface area contributed by atoms with Crippen molar-refractivity contribution in [1.29, 1.82) is 0 Å². The largest absolute Gasteiger partial charge is 0.0958 e. The SMILES string of the molecule is C=C1C=C2CCC3[C@H](CCC4(C)[C@@H]([C@H](C)CCCC(C)C)CC[C@@H]34)C2(C)CC1. The summed E-state index contributed by atoms with van der Waals surface area (Å²) in [6.45, 7) is 17.0. The quantitative estimate of drug-likeness (QED) is 0.446. The van der Waals surface area contributed by atoms with E-state index in [0.717, 1.165) is 35.5 Å². The molecule has 28 heavy (non-hydrogen) atoms. The van der Waals surface area contributed by atoms with Gasteiger partial charge in [0, 0.05) is 0 Å². The van der Waals surface area contributed by atoms with E-state index in [0.29, 0.717) is 10.8 Å². The molecule has 0 amide bonds. The molecule has 0 heterocycles. The number of allylic oxidation sites excluding steroid dienone is 3. The minimum absolute atomic E-state index is 0.492. The van der Waals surface area contributed by atoms with Crippen LogP contribution in [0.3, 0.4) is 0 Å². The van der Waals surface area contributed by atoms with Gasteiger partial charge in [0.15, 0.2) is 0 Å². The molecule has 3 saturated carbocycles. The summed E-state index contributed by atoms with van der Waals surface area (Å²) in [5, 5.41) is 0. The minimum Gasteiger partial charge on any atom is -0.0958 e. The Kier molecular flexibility index (Phi) is 5.65. The lowest BCUT2D eigenvalue weighted by Crippen LogP contribution is -2.50. The van der Waals surface area contributed by atoms with Gasteiger partial charge in [0.05, 0.1) is 0 Å². The Morgan fingerprint density at radius 2 is 1.75 bits per heavy atom. The van der Waals surface area contributed by atoms with E-state index >= 15 is 0 Å². The van der Waals surface area contributed by atoms with Crippen LogP contribution in [0, 0.1) is 46.3 Å². The Labute approximate surface area is 175 Å². The smallest absolute Gasteiger partial charge is 0.00790 e. The second-order valence-electron chi connectivity index (χ2n) is 12.2. The van der Waals surface area contributed by atoms with Crippen molar-refractivity contribution in [3.63, 3.8) is 0 Å². The molecule has 0 aromatic heterocycles. The first-order valence-electron chi connectivity index (χ1n) is 12.6. The first-order chi connectivity index (χ1) is 13.3. The van der Waals surface area contributed by atoms with Crippen molar-refractivity contribution >= 4 is 0 Å².